The van der Waals surface area contributed by atoms with Crippen molar-refractivity contribution in [3.05, 3.63) is 107 Å². The maximum atomic E-state index is 11.3. The van der Waals surface area contributed by atoms with Crippen LogP contribution < -0.4 is 4.74 Å². The largest absolute Gasteiger partial charge is 0.489 e. The van der Waals surface area contributed by atoms with E-state index in [0.29, 0.717) is 19.4 Å². The molecule has 0 radical (unpaired) electrons. The van der Waals surface area contributed by atoms with Gasteiger partial charge in [-0.2, -0.15) is 5.10 Å². The minimum Gasteiger partial charge on any atom is -0.489 e. The molecule has 0 amide bonds. The lowest BCUT2D eigenvalue weighted by Gasteiger charge is -2.09. The highest BCUT2D eigenvalue weighted by Crippen LogP contribution is 2.20. The summed E-state index contributed by atoms with van der Waals surface area (Å²) < 4.78 is 12.6. The van der Waals surface area contributed by atoms with Crippen molar-refractivity contribution in [3.63, 3.8) is 0 Å². The second kappa shape index (κ2) is 10.6. The maximum absolute atomic E-state index is 11.3. The molecule has 0 saturated heterocycles. The number of carbonyl (C=O) groups excluding carboxylic acids is 1. The first-order valence-electron chi connectivity index (χ1n) is 11.1. The monoisotopic (exact) mass is 440 g/mol. The summed E-state index contributed by atoms with van der Waals surface area (Å²) in [5, 5.41) is 4.77. The number of carbonyl (C=O) groups is 1. The van der Waals surface area contributed by atoms with Gasteiger partial charge in [-0.05, 0) is 48.2 Å². The van der Waals surface area contributed by atoms with Gasteiger partial charge in [-0.25, -0.2) is 0 Å². The van der Waals surface area contributed by atoms with Gasteiger partial charge in [-0.3, -0.25) is 9.48 Å². The molecule has 1 aromatic heterocycles. The average molecular weight is 441 g/mol. The topological polar surface area (TPSA) is 53.4 Å². The molecule has 0 N–H and O–H groups in total. The Labute approximate surface area is 194 Å². The van der Waals surface area contributed by atoms with E-state index in [9.17, 15) is 4.79 Å². The van der Waals surface area contributed by atoms with E-state index in [1.54, 1.807) is 0 Å². The summed E-state index contributed by atoms with van der Waals surface area (Å²) in [7, 11) is 1.41. The van der Waals surface area contributed by atoms with E-state index >= 15 is 0 Å². The van der Waals surface area contributed by atoms with Crippen LogP contribution in [0.4, 0.5) is 0 Å². The van der Waals surface area contributed by atoms with E-state index in [0.717, 1.165) is 40.4 Å². The quantitative estimate of drug-likeness (QED) is 0.318. The fourth-order valence-electron chi connectivity index (χ4n) is 3.60. The van der Waals surface area contributed by atoms with Crippen molar-refractivity contribution in [2.75, 3.05) is 7.11 Å². The number of hydrogen-bond acceptors (Lipinski definition) is 4. The van der Waals surface area contributed by atoms with Crippen molar-refractivity contribution in [3.8, 4) is 17.0 Å². The van der Waals surface area contributed by atoms with Crippen molar-refractivity contribution >= 4 is 5.97 Å². The zero-order valence-corrected chi connectivity index (χ0v) is 19.0. The molecule has 0 bridgehead atoms. The molecule has 0 spiro atoms. The molecule has 168 valence electrons. The van der Waals surface area contributed by atoms with E-state index in [1.165, 1.54) is 12.7 Å². The lowest BCUT2D eigenvalue weighted by molar-refractivity contribution is -0.140. The molecular weight excluding hydrogens is 412 g/mol. The number of esters is 1. The molecule has 0 aliphatic rings. The van der Waals surface area contributed by atoms with Crippen LogP contribution in [0.5, 0.6) is 5.75 Å². The van der Waals surface area contributed by atoms with E-state index in [4.69, 9.17) is 9.84 Å². The molecular formula is C28H28N2O3. The number of benzene rings is 3. The van der Waals surface area contributed by atoms with Gasteiger partial charge in [-0.1, -0.05) is 66.7 Å². The number of ether oxygens (including phenoxy) is 2. The number of aromatic nitrogens is 2. The standard InChI is InChI=1S/C28H28N2O3/c1-21-18-27(25-6-4-3-5-7-25)29-30(21)19-23-8-10-24(11-9-23)20-33-26-15-12-22(13-16-26)14-17-28(31)32-2/h3-13,15-16,18H,14,17,19-20H2,1-2H3. The Hall–Kier alpha value is -3.86. The fraction of sp³-hybridized carbons (Fsp3) is 0.214. The summed E-state index contributed by atoms with van der Waals surface area (Å²) in [6.07, 6.45) is 1.05. The summed E-state index contributed by atoms with van der Waals surface area (Å²) in [6, 6.07) is 28.6. The summed E-state index contributed by atoms with van der Waals surface area (Å²) in [5.41, 5.74) is 6.64. The number of hydrogen-bond donors (Lipinski definition) is 0. The molecule has 0 atom stereocenters. The number of methoxy groups -OCH3 is 1. The Morgan fingerprint density at radius 3 is 2.24 bits per heavy atom. The molecule has 5 nitrogen and oxygen atoms in total. The molecule has 33 heavy (non-hydrogen) atoms. The van der Waals surface area contributed by atoms with Gasteiger partial charge in [-0.15, -0.1) is 0 Å². The van der Waals surface area contributed by atoms with Crippen LogP contribution in [0.15, 0.2) is 84.9 Å². The van der Waals surface area contributed by atoms with E-state index < -0.39 is 0 Å². The van der Waals surface area contributed by atoms with E-state index in [1.807, 2.05) is 47.1 Å². The Kier molecular flexibility index (Phi) is 7.20. The van der Waals surface area contributed by atoms with Gasteiger partial charge < -0.3 is 9.47 Å². The van der Waals surface area contributed by atoms with Crippen molar-refractivity contribution < 1.29 is 14.3 Å². The van der Waals surface area contributed by atoms with Crippen LogP contribution in [0.1, 0.15) is 28.8 Å². The summed E-state index contributed by atoms with van der Waals surface area (Å²) in [4.78, 5) is 11.3. The second-order valence-electron chi connectivity index (χ2n) is 8.02. The zero-order valence-electron chi connectivity index (χ0n) is 19.0. The van der Waals surface area contributed by atoms with Crippen LogP contribution in [0.25, 0.3) is 11.3 Å². The number of nitrogens with zero attached hydrogens (tertiary/aromatic N) is 2. The Bertz CT molecular complexity index is 1180. The van der Waals surface area contributed by atoms with Crippen LogP contribution in [-0.2, 0) is 29.1 Å². The van der Waals surface area contributed by atoms with Crippen LogP contribution in [0.3, 0.4) is 0 Å². The molecule has 3 aromatic carbocycles. The van der Waals surface area contributed by atoms with Crippen molar-refractivity contribution in [2.45, 2.75) is 32.9 Å². The Balaban J connectivity index is 1.31. The Morgan fingerprint density at radius 1 is 0.879 bits per heavy atom. The van der Waals surface area contributed by atoms with Gasteiger partial charge in [0.1, 0.15) is 12.4 Å². The van der Waals surface area contributed by atoms with Gasteiger partial charge in [0.2, 0.25) is 0 Å². The number of aryl methyl sites for hydroxylation is 2. The first-order chi connectivity index (χ1) is 16.1. The van der Waals surface area contributed by atoms with Crippen molar-refractivity contribution in [2.24, 2.45) is 0 Å². The molecule has 0 saturated carbocycles. The zero-order chi connectivity index (χ0) is 23.0. The molecule has 5 heteroatoms. The highest BCUT2D eigenvalue weighted by molar-refractivity contribution is 5.69. The highest BCUT2D eigenvalue weighted by Gasteiger charge is 2.07. The molecule has 1 heterocycles. The van der Waals surface area contributed by atoms with Crippen molar-refractivity contribution in [1.29, 1.82) is 0 Å². The summed E-state index contributed by atoms with van der Waals surface area (Å²) in [5.74, 6) is 0.611. The lowest BCUT2D eigenvalue weighted by Crippen LogP contribution is -2.04. The molecule has 4 aromatic rings. The van der Waals surface area contributed by atoms with Gasteiger partial charge >= 0.3 is 5.97 Å². The van der Waals surface area contributed by atoms with Crippen LogP contribution in [0.2, 0.25) is 0 Å². The molecule has 0 unspecified atom stereocenters. The summed E-state index contributed by atoms with van der Waals surface area (Å²) >= 11 is 0. The lowest BCUT2D eigenvalue weighted by atomic mass is 10.1. The Morgan fingerprint density at radius 2 is 1.55 bits per heavy atom. The normalized spacial score (nSPS) is 10.7. The van der Waals surface area contributed by atoms with Crippen LogP contribution >= 0.6 is 0 Å². The average Bonchev–Trinajstić information content (AvgIpc) is 3.23. The van der Waals surface area contributed by atoms with E-state index in [-0.39, 0.29) is 5.97 Å². The maximum Gasteiger partial charge on any atom is 0.305 e. The fourth-order valence-corrected chi connectivity index (χ4v) is 3.60. The van der Waals surface area contributed by atoms with Gasteiger partial charge in [0.15, 0.2) is 0 Å². The van der Waals surface area contributed by atoms with E-state index in [2.05, 4.69) is 54.1 Å². The van der Waals surface area contributed by atoms with Gasteiger partial charge in [0.25, 0.3) is 0 Å². The van der Waals surface area contributed by atoms with Crippen molar-refractivity contribution in [1.82, 2.24) is 9.78 Å². The molecule has 0 fully saturated rings. The molecule has 4 rings (SSSR count). The highest BCUT2D eigenvalue weighted by atomic mass is 16.5. The summed E-state index contributed by atoms with van der Waals surface area (Å²) in [6.45, 7) is 3.32. The predicted molar refractivity (Wildman–Crippen MR) is 129 cm³/mol. The van der Waals surface area contributed by atoms with Gasteiger partial charge in [0.05, 0.1) is 19.3 Å². The first-order valence-corrected chi connectivity index (χ1v) is 11.1. The van der Waals surface area contributed by atoms with Crippen LogP contribution in [-0.4, -0.2) is 22.9 Å². The third-order valence-electron chi connectivity index (χ3n) is 5.58. The number of rotatable bonds is 9. The minimum absolute atomic E-state index is 0.196. The molecule has 0 aliphatic carbocycles. The molecule has 0 aliphatic heterocycles. The SMILES string of the molecule is COC(=O)CCc1ccc(OCc2ccc(Cn3nc(-c4ccccc4)cc3C)cc2)cc1. The second-order valence-corrected chi connectivity index (χ2v) is 8.02. The minimum atomic E-state index is -0.196. The first kappa shape index (κ1) is 22.3. The smallest absolute Gasteiger partial charge is 0.305 e. The predicted octanol–water partition coefficient (Wildman–Crippen LogP) is 5.59. The van der Waals surface area contributed by atoms with Crippen LogP contribution in [0, 0.1) is 6.92 Å². The van der Waals surface area contributed by atoms with Gasteiger partial charge in [0, 0.05) is 17.7 Å². The third-order valence-corrected chi connectivity index (χ3v) is 5.58. The third kappa shape index (κ3) is 6.10.